The Bertz CT molecular complexity index is 657. The van der Waals surface area contributed by atoms with Crippen molar-refractivity contribution in [1.29, 1.82) is 0 Å². The van der Waals surface area contributed by atoms with E-state index in [0.717, 1.165) is 22.4 Å². The van der Waals surface area contributed by atoms with Crippen LogP contribution < -0.4 is 5.32 Å². The molecule has 104 valence electrons. The number of halogens is 1. The molecule has 0 fully saturated rings. The molecule has 0 unspecified atom stereocenters. The van der Waals surface area contributed by atoms with Crippen LogP contribution in [0.15, 0.2) is 30.3 Å². The molecule has 0 aliphatic heterocycles. The maximum atomic E-state index is 12.2. The molecule has 2 rings (SSSR count). The maximum absolute atomic E-state index is 12.2. The minimum atomic E-state index is -0.375. The number of benzene rings is 2. The average Bonchev–Trinajstić information content (AvgIpc) is 2.36. The van der Waals surface area contributed by atoms with Gasteiger partial charge in [0.1, 0.15) is 5.75 Å². The van der Waals surface area contributed by atoms with Crippen molar-refractivity contribution < 1.29 is 9.90 Å². The normalized spacial score (nSPS) is 10.4. The molecule has 0 atom stereocenters. The van der Waals surface area contributed by atoms with Crippen LogP contribution in [0, 0.1) is 20.8 Å². The summed E-state index contributed by atoms with van der Waals surface area (Å²) in [6.45, 7) is 5.88. The largest absolute Gasteiger partial charge is 0.507 e. The van der Waals surface area contributed by atoms with E-state index in [1.807, 2.05) is 32.9 Å². The molecule has 1 amide bonds. The van der Waals surface area contributed by atoms with Crippen LogP contribution >= 0.6 is 11.6 Å². The Morgan fingerprint density at radius 3 is 2.30 bits per heavy atom. The summed E-state index contributed by atoms with van der Waals surface area (Å²) in [5.74, 6) is -0.464. The van der Waals surface area contributed by atoms with Crippen molar-refractivity contribution in [3.05, 3.63) is 57.6 Å². The topological polar surface area (TPSA) is 49.3 Å². The molecule has 0 aromatic heterocycles. The number of rotatable bonds is 2. The smallest absolute Gasteiger partial charge is 0.259 e. The lowest BCUT2D eigenvalue weighted by molar-refractivity contribution is 0.102. The number of aryl methyl sites for hydroxylation is 3. The average molecular weight is 290 g/mol. The van der Waals surface area contributed by atoms with Gasteiger partial charge in [0, 0.05) is 10.7 Å². The van der Waals surface area contributed by atoms with Crippen LogP contribution in [-0.4, -0.2) is 11.0 Å². The second-order valence-electron chi connectivity index (χ2n) is 4.89. The molecule has 3 nitrogen and oxygen atoms in total. The van der Waals surface area contributed by atoms with Crippen LogP contribution in [0.2, 0.25) is 5.02 Å². The third-order valence-corrected chi connectivity index (χ3v) is 3.35. The summed E-state index contributed by atoms with van der Waals surface area (Å²) < 4.78 is 0. The number of phenols is 1. The number of anilines is 1. The van der Waals surface area contributed by atoms with Crippen LogP contribution in [0.3, 0.4) is 0 Å². The molecule has 20 heavy (non-hydrogen) atoms. The number of hydrogen-bond donors (Lipinski definition) is 2. The number of amides is 1. The molecule has 0 saturated heterocycles. The van der Waals surface area contributed by atoms with Crippen LogP contribution in [0.25, 0.3) is 0 Å². The highest BCUT2D eigenvalue weighted by Gasteiger charge is 2.14. The fraction of sp³-hybridized carbons (Fsp3) is 0.188. The molecule has 0 saturated carbocycles. The third kappa shape index (κ3) is 2.94. The first-order chi connectivity index (χ1) is 9.38. The quantitative estimate of drug-likeness (QED) is 0.869. The van der Waals surface area contributed by atoms with E-state index in [2.05, 4.69) is 5.32 Å². The summed E-state index contributed by atoms with van der Waals surface area (Å²) in [4.78, 5) is 12.2. The monoisotopic (exact) mass is 289 g/mol. The van der Waals surface area contributed by atoms with E-state index in [1.54, 1.807) is 0 Å². The van der Waals surface area contributed by atoms with Crippen molar-refractivity contribution in [3.63, 3.8) is 0 Å². The predicted molar refractivity (Wildman–Crippen MR) is 81.7 cm³/mol. The highest BCUT2D eigenvalue weighted by atomic mass is 35.5. The molecule has 0 bridgehead atoms. The summed E-state index contributed by atoms with van der Waals surface area (Å²) in [6.07, 6.45) is 0. The van der Waals surface area contributed by atoms with Gasteiger partial charge in [-0.25, -0.2) is 0 Å². The summed E-state index contributed by atoms with van der Waals surface area (Å²) in [6, 6.07) is 8.40. The van der Waals surface area contributed by atoms with Gasteiger partial charge in [0.05, 0.1) is 5.56 Å². The van der Waals surface area contributed by atoms with Gasteiger partial charge in [0.15, 0.2) is 0 Å². The highest BCUT2D eigenvalue weighted by Crippen LogP contribution is 2.26. The van der Waals surface area contributed by atoms with Gasteiger partial charge < -0.3 is 10.4 Å². The number of hydrogen-bond acceptors (Lipinski definition) is 2. The molecule has 2 aromatic carbocycles. The summed E-state index contributed by atoms with van der Waals surface area (Å²) in [7, 11) is 0. The van der Waals surface area contributed by atoms with Crippen LogP contribution in [0.5, 0.6) is 5.75 Å². The number of carbonyl (C=O) groups excluding carboxylic acids is 1. The molecule has 0 radical (unpaired) electrons. The Morgan fingerprint density at radius 2 is 1.70 bits per heavy atom. The van der Waals surface area contributed by atoms with Crippen LogP contribution in [0.4, 0.5) is 5.69 Å². The van der Waals surface area contributed by atoms with Crippen molar-refractivity contribution in [2.75, 3.05) is 5.32 Å². The maximum Gasteiger partial charge on any atom is 0.259 e. The minimum Gasteiger partial charge on any atom is -0.507 e. The van der Waals surface area contributed by atoms with Gasteiger partial charge in [-0.15, -0.1) is 0 Å². The van der Waals surface area contributed by atoms with E-state index in [-0.39, 0.29) is 17.2 Å². The zero-order valence-corrected chi connectivity index (χ0v) is 12.4. The lowest BCUT2D eigenvalue weighted by atomic mass is 10.0. The van der Waals surface area contributed by atoms with Crippen molar-refractivity contribution in [3.8, 4) is 5.75 Å². The Kier molecular flexibility index (Phi) is 4.00. The van der Waals surface area contributed by atoms with E-state index in [1.165, 1.54) is 18.2 Å². The molecule has 4 heteroatoms. The van der Waals surface area contributed by atoms with Gasteiger partial charge in [0.25, 0.3) is 5.91 Å². The number of aromatic hydroxyl groups is 1. The molecule has 0 aliphatic carbocycles. The highest BCUT2D eigenvalue weighted by molar-refractivity contribution is 6.31. The van der Waals surface area contributed by atoms with E-state index >= 15 is 0 Å². The van der Waals surface area contributed by atoms with Gasteiger partial charge >= 0.3 is 0 Å². The Balaban J connectivity index is 2.35. The lowest BCUT2D eigenvalue weighted by Crippen LogP contribution is -2.14. The van der Waals surface area contributed by atoms with Crippen molar-refractivity contribution in [2.45, 2.75) is 20.8 Å². The first kappa shape index (κ1) is 14.4. The van der Waals surface area contributed by atoms with Gasteiger partial charge in [-0.1, -0.05) is 29.3 Å². The molecular formula is C16H16ClNO2. The number of nitrogens with one attached hydrogen (secondary N) is 1. The minimum absolute atomic E-state index is 0.0886. The number of phenolic OH excluding ortho intramolecular Hbond substituents is 1. The van der Waals surface area contributed by atoms with Crippen LogP contribution in [-0.2, 0) is 0 Å². The zero-order chi connectivity index (χ0) is 14.9. The Hall–Kier alpha value is -2.00. The second kappa shape index (κ2) is 5.55. The molecule has 2 N–H and O–H groups in total. The van der Waals surface area contributed by atoms with Crippen molar-refractivity contribution >= 4 is 23.2 Å². The standard InChI is InChI=1S/C16H16ClNO2/c1-9-6-10(2)15(11(3)7-9)18-16(20)13-8-12(17)4-5-14(13)19/h4-8,19H,1-3H3,(H,18,20). The first-order valence-electron chi connectivity index (χ1n) is 6.26. The molecule has 0 aliphatic rings. The van der Waals surface area contributed by atoms with E-state index in [9.17, 15) is 9.90 Å². The number of carbonyl (C=O) groups is 1. The summed E-state index contributed by atoms with van der Waals surface area (Å²) in [5.41, 5.74) is 4.04. The van der Waals surface area contributed by atoms with E-state index in [0.29, 0.717) is 5.02 Å². The van der Waals surface area contributed by atoms with Gasteiger partial charge in [0.2, 0.25) is 0 Å². The fourth-order valence-electron chi connectivity index (χ4n) is 2.25. The first-order valence-corrected chi connectivity index (χ1v) is 6.64. The summed E-state index contributed by atoms with van der Waals surface area (Å²) in [5, 5.41) is 13.0. The second-order valence-corrected chi connectivity index (χ2v) is 5.33. The fourth-order valence-corrected chi connectivity index (χ4v) is 2.42. The van der Waals surface area contributed by atoms with Gasteiger partial charge in [-0.3, -0.25) is 4.79 Å². The summed E-state index contributed by atoms with van der Waals surface area (Å²) >= 11 is 5.86. The van der Waals surface area contributed by atoms with Crippen LogP contribution in [0.1, 0.15) is 27.0 Å². The van der Waals surface area contributed by atoms with E-state index < -0.39 is 0 Å². The van der Waals surface area contributed by atoms with E-state index in [4.69, 9.17) is 11.6 Å². The lowest BCUT2D eigenvalue weighted by Gasteiger charge is -2.13. The molecule has 0 heterocycles. The Labute approximate surface area is 123 Å². The molecular weight excluding hydrogens is 274 g/mol. The third-order valence-electron chi connectivity index (χ3n) is 3.12. The predicted octanol–water partition coefficient (Wildman–Crippen LogP) is 4.22. The SMILES string of the molecule is Cc1cc(C)c(NC(=O)c2cc(Cl)ccc2O)c(C)c1. The zero-order valence-electron chi connectivity index (χ0n) is 11.6. The molecule has 2 aromatic rings. The molecule has 0 spiro atoms. The van der Waals surface area contributed by atoms with Crippen molar-refractivity contribution in [2.24, 2.45) is 0 Å². The van der Waals surface area contributed by atoms with Crippen molar-refractivity contribution in [1.82, 2.24) is 0 Å². The Morgan fingerprint density at radius 1 is 1.10 bits per heavy atom. The van der Waals surface area contributed by atoms with Gasteiger partial charge in [-0.2, -0.15) is 0 Å². The van der Waals surface area contributed by atoms with Gasteiger partial charge in [-0.05, 0) is 50.1 Å².